The molecule has 5 nitrogen and oxygen atoms in total. The van der Waals surface area contributed by atoms with Crippen molar-refractivity contribution in [2.45, 2.75) is 12.6 Å². The summed E-state index contributed by atoms with van der Waals surface area (Å²) in [7, 11) is 0. The zero-order valence-electron chi connectivity index (χ0n) is 15.1. The Balaban J connectivity index is 1.83. The molecule has 0 fully saturated rings. The minimum absolute atomic E-state index is 0.334. The van der Waals surface area contributed by atoms with Gasteiger partial charge in [-0.1, -0.05) is 54.1 Å². The van der Waals surface area contributed by atoms with Crippen molar-refractivity contribution in [3.63, 3.8) is 0 Å². The van der Waals surface area contributed by atoms with E-state index in [-0.39, 0.29) is 11.8 Å². The molecule has 2 amide bonds. The van der Waals surface area contributed by atoms with Crippen molar-refractivity contribution in [1.29, 1.82) is 0 Å². The van der Waals surface area contributed by atoms with Crippen LogP contribution in [0.5, 0.6) is 0 Å². The van der Waals surface area contributed by atoms with E-state index in [4.69, 9.17) is 17.3 Å². The first-order chi connectivity index (χ1) is 13.6. The molecule has 0 radical (unpaired) electrons. The minimum Gasteiger partial charge on any atom is -0.336 e. The predicted octanol–water partition coefficient (Wildman–Crippen LogP) is 3.91. The molecule has 1 unspecified atom stereocenters. The fraction of sp³-hybridized carbons (Fsp3) is 0.0909. The summed E-state index contributed by atoms with van der Waals surface area (Å²) in [4.78, 5) is 25.7. The van der Waals surface area contributed by atoms with E-state index in [2.05, 4.69) is 10.6 Å². The van der Waals surface area contributed by atoms with Crippen LogP contribution in [0.15, 0.2) is 78.9 Å². The number of amides is 2. The highest BCUT2D eigenvalue weighted by Gasteiger charge is 2.23. The molecule has 0 saturated heterocycles. The molecule has 0 heterocycles. The molecule has 0 aliphatic rings. The largest absolute Gasteiger partial charge is 0.336 e. The molecule has 3 rings (SSSR count). The summed E-state index contributed by atoms with van der Waals surface area (Å²) in [6, 6.07) is 22.0. The van der Waals surface area contributed by atoms with Crippen LogP contribution in [0, 0.1) is 0 Å². The zero-order chi connectivity index (χ0) is 19.9. The molecule has 0 saturated carbocycles. The smallest absolute Gasteiger partial charge is 0.252 e. The second kappa shape index (κ2) is 9.17. The number of nitrogens with one attached hydrogen (secondary N) is 2. The van der Waals surface area contributed by atoms with Gasteiger partial charge >= 0.3 is 0 Å². The van der Waals surface area contributed by atoms with Crippen LogP contribution in [0.1, 0.15) is 27.5 Å². The van der Waals surface area contributed by atoms with Gasteiger partial charge in [0.05, 0.1) is 0 Å². The van der Waals surface area contributed by atoms with Gasteiger partial charge in [-0.25, -0.2) is 0 Å². The molecule has 142 valence electrons. The molecule has 0 bridgehead atoms. The van der Waals surface area contributed by atoms with Gasteiger partial charge in [-0.05, 0) is 47.5 Å². The van der Waals surface area contributed by atoms with Crippen LogP contribution in [0.4, 0.5) is 5.69 Å². The lowest BCUT2D eigenvalue weighted by molar-refractivity contribution is -0.118. The van der Waals surface area contributed by atoms with Crippen molar-refractivity contribution in [3.05, 3.63) is 101 Å². The van der Waals surface area contributed by atoms with Crippen LogP contribution in [0.25, 0.3) is 0 Å². The molecule has 0 aromatic heterocycles. The minimum atomic E-state index is -0.856. The number of nitrogens with two attached hydrogens (primary N) is 1. The van der Waals surface area contributed by atoms with Crippen LogP contribution < -0.4 is 16.4 Å². The molecule has 0 aliphatic heterocycles. The second-order valence-corrected chi connectivity index (χ2v) is 6.65. The summed E-state index contributed by atoms with van der Waals surface area (Å²) in [6.07, 6.45) is 0. The highest BCUT2D eigenvalue weighted by molar-refractivity contribution is 6.30. The van der Waals surface area contributed by atoms with Crippen molar-refractivity contribution >= 4 is 29.1 Å². The zero-order valence-corrected chi connectivity index (χ0v) is 15.8. The van der Waals surface area contributed by atoms with Gasteiger partial charge in [-0.2, -0.15) is 0 Å². The van der Waals surface area contributed by atoms with Gasteiger partial charge < -0.3 is 16.4 Å². The Morgan fingerprint density at radius 1 is 0.929 bits per heavy atom. The maximum absolute atomic E-state index is 12.9. The third-order valence-electron chi connectivity index (χ3n) is 4.21. The number of carbonyl (C=O) groups excluding carboxylic acids is 2. The van der Waals surface area contributed by atoms with E-state index >= 15 is 0 Å². The number of hydrogen-bond donors (Lipinski definition) is 3. The number of hydrogen-bond acceptors (Lipinski definition) is 3. The summed E-state index contributed by atoms with van der Waals surface area (Å²) >= 11 is 5.89. The lowest BCUT2D eigenvalue weighted by Crippen LogP contribution is -2.37. The first kappa shape index (κ1) is 19.6. The molecule has 3 aromatic carbocycles. The monoisotopic (exact) mass is 393 g/mol. The van der Waals surface area contributed by atoms with Crippen molar-refractivity contribution in [3.8, 4) is 0 Å². The first-order valence-electron chi connectivity index (χ1n) is 8.78. The van der Waals surface area contributed by atoms with Crippen LogP contribution in [-0.2, 0) is 11.3 Å². The molecule has 0 spiro atoms. The topological polar surface area (TPSA) is 84.2 Å². The Labute approximate surface area is 168 Å². The summed E-state index contributed by atoms with van der Waals surface area (Å²) in [5, 5.41) is 6.20. The van der Waals surface area contributed by atoms with E-state index in [0.29, 0.717) is 28.4 Å². The first-order valence-corrected chi connectivity index (χ1v) is 9.16. The fourth-order valence-electron chi connectivity index (χ4n) is 2.75. The average molecular weight is 394 g/mol. The highest BCUT2D eigenvalue weighted by atomic mass is 35.5. The van der Waals surface area contributed by atoms with Gasteiger partial charge in [0.15, 0.2) is 0 Å². The second-order valence-electron chi connectivity index (χ2n) is 6.22. The maximum Gasteiger partial charge on any atom is 0.252 e. The van der Waals surface area contributed by atoms with Gasteiger partial charge in [0.2, 0.25) is 0 Å². The van der Waals surface area contributed by atoms with Crippen molar-refractivity contribution < 1.29 is 9.59 Å². The van der Waals surface area contributed by atoms with Crippen molar-refractivity contribution in [2.24, 2.45) is 5.73 Å². The fourth-order valence-corrected chi connectivity index (χ4v) is 2.87. The molecule has 4 N–H and O–H groups in total. The lowest BCUT2D eigenvalue weighted by Gasteiger charge is -2.19. The SMILES string of the molecule is NCc1cccc(C(=O)NC(C(=O)Nc2ccc(Cl)cc2)c2ccccc2)c1. The third kappa shape index (κ3) is 4.97. The Kier molecular flexibility index (Phi) is 6.42. The predicted molar refractivity (Wildman–Crippen MR) is 111 cm³/mol. The number of anilines is 1. The van der Waals surface area contributed by atoms with Gasteiger partial charge in [-0.3, -0.25) is 9.59 Å². The summed E-state index contributed by atoms with van der Waals surface area (Å²) < 4.78 is 0. The number of halogens is 1. The van der Waals surface area contributed by atoms with Crippen LogP contribution >= 0.6 is 11.6 Å². The summed E-state index contributed by atoms with van der Waals surface area (Å²) in [6.45, 7) is 0.334. The number of benzene rings is 3. The maximum atomic E-state index is 12.9. The molecule has 3 aromatic rings. The van der Waals surface area contributed by atoms with Gasteiger partial charge in [0, 0.05) is 22.8 Å². The number of carbonyl (C=O) groups is 2. The van der Waals surface area contributed by atoms with Crippen LogP contribution in [-0.4, -0.2) is 11.8 Å². The lowest BCUT2D eigenvalue weighted by atomic mass is 10.0. The average Bonchev–Trinajstić information content (AvgIpc) is 2.74. The quantitative estimate of drug-likeness (QED) is 0.593. The Morgan fingerprint density at radius 3 is 2.32 bits per heavy atom. The van der Waals surface area contributed by atoms with Gasteiger partial charge in [0.1, 0.15) is 6.04 Å². The Bertz CT molecular complexity index is 959. The van der Waals surface area contributed by atoms with Crippen molar-refractivity contribution in [2.75, 3.05) is 5.32 Å². The molecular weight excluding hydrogens is 374 g/mol. The van der Waals surface area contributed by atoms with E-state index in [1.807, 2.05) is 24.3 Å². The van der Waals surface area contributed by atoms with Crippen molar-refractivity contribution in [1.82, 2.24) is 5.32 Å². The molecule has 6 heteroatoms. The Morgan fingerprint density at radius 2 is 1.64 bits per heavy atom. The van der Waals surface area contributed by atoms with E-state index in [1.54, 1.807) is 54.6 Å². The standard InChI is InChI=1S/C22H20ClN3O2/c23-18-9-11-19(12-10-18)25-22(28)20(16-6-2-1-3-7-16)26-21(27)17-8-4-5-15(13-17)14-24/h1-13,20H,14,24H2,(H,25,28)(H,26,27). The molecule has 28 heavy (non-hydrogen) atoms. The molecule has 0 aliphatic carbocycles. The molecule has 1 atom stereocenters. The Hall–Kier alpha value is -3.15. The van der Waals surface area contributed by atoms with E-state index in [9.17, 15) is 9.59 Å². The van der Waals surface area contributed by atoms with Crippen LogP contribution in [0.2, 0.25) is 5.02 Å². The summed E-state index contributed by atoms with van der Waals surface area (Å²) in [5.74, 6) is -0.702. The highest BCUT2D eigenvalue weighted by Crippen LogP contribution is 2.19. The van der Waals surface area contributed by atoms with E-state index < -0.39 is 6.04 Å². The van der Waals surface area contributed by atoms with Gasteiger partial charge in [-0.15, -0.1) is 0 Å². The number of rotatable bonds is 6. The third-order valence-corrected chi connectivity index (χ3v) is 4.46. The van der Waals surface area contributed by atoms with E-state index in [0.717, 1.165) is 5.56 Å². The van der Waals surface area contributed by atoms with Crippen LogP contribution in [0.3, 0.4) is 0 Å². The summed E-state index contributed by atoms with van der Waals surface area (Å²) in [5.41, 5.74) is 8.21. The normalized spacial score (nSPS) is 11.5. The van der Waals surface area contributed by atoms with Gasteiger partial charge in [0.25, 0.3) is 11.8 Å². The van der Waals surface area contributed by atoms with E-state index in [1.165, 1.54) is 0 Å². The molecular formula is C22H20ClN3O2.